The van der Waals surface area contributed by atoms with Crippen LogP contribution in [0.1, 0.15) is 71.1 Å². The van der Waals surface area contributed by atoms with E-state index in [-0.39, 0.29) is 5.91 Å². The van der Waals surface area contributed by atoms with E-state index < -0.39 is 25.4 Å². The third-order valence-electron chi connectivity index (χ3n) is 3.82. The van der Waals surface area contributed by atoms with E-state index in [1.807, 2.05) is 0 Å². The summed E-state index contributed by atoms with van der Waals surface area (Å²) < 4.78 is 0. The van der Waals surface area contributed by atoms with Gasteiger partial charge in [0.25, 0.3) is 0 Å². The molecule has 126 valence electrons. The Bertz CT molecular complexity index is 246. The Morgan fingerprint density at radius 1 is 0.810 bits per heavy atom. The number of hydrogen-bond acceptors (Lipinski definition) is 4. The average molecular weight is 303 g/mol. The predicted octanol–water partition coefficient (Wildman–Crippen LogP) is 1.74. The summed E-state index contributed by atoms with van der Waals surface area (Å²) in [6.07, 6.45) is 11.1. The minimum Gasteiger partial charge on any atom is -0.394 e. The summed E-state index contributed by atoms with van der Waals surface area (Å²) in [5.74, 6) is -0.227. The van der Waals surface area contributed by atoms with Gasteiger partial charge in [-0.05, 0) is 6.42 Å². The van der Waals surface area contributed by atoms with Crippen LogP contribution in [0.5, 0.6) is 0 Å². The molecule has 0 bridgehead atoms. The van der Waals surface area contributed by atoms with Gasteiger partial charge in [-0.3, -0.25) is 4.79 Å². The maximum atomic E-state index is 11.7. The Hall–Kier alpha value is -0.650. The van der Waals surface area contributed by atoms with Crippen LogP contribution in [0, 0.1) is 0 Å². The van der Waals surface area contributed by atoms with E-state index in [1.54, 1.807) is 0 Å². The predicted molar refractivity (Wildman–Crippen MR) is 84.0 cm³/mol. The van der Waals surface area contributed by atoms with E-state index in [1.165, 1.54) is 38.5 Å². The van der Waals surface area contributed by atoms with E-state index in [0.717, 1.165) is 19.3 Å². The first-order valence-electron chi connectivity index (χ1n) is 8.27. The van der Waals surface area contributed by atoms with Crippen LogP contribution in [0.15, 0.2) is 0 Å². The van der Waals surface area contributed by atoms with Gasteiger partial charge < -0.3 is 20.6 Å². The second-order valence-corrected chi connectivity index (χ2v) is 5.88. The van der Waals surface area contributed by atoms with Gasteiger partial charge in [0, 0.05) is 6.42 Å². The molecule has 0 radical (unpaired) electrons. The molecule has 0 aromatic heterocycles. The largest absolute Gasteiger partial charge is 0.394 e. The van der Waals surface area contributed by atoms with Gasteiger partial charge in [0.2, 0.25) is 5.91 Å². The molecule has 0 unspecified atom stereocenters. The van der Waals surface area contributed by atoms with Gasteiger partial charge in [-0.15, -0.1) is 0 Å². The summed E-state index contributed by atoms with van der Waals surface area (Å²) in [7, 11) is 0. The molecule has 0 spiro atoms. The lowest BCUT2D eigenvalue weighted by Gasteiger charge is -2.28. The zero-order valence-corrected chi connectivity index (χ0v) is 13.4. The third-order valence-corrected chi connectivity index (χ3v) is 3.82. The fourth-order valence-corrected chi connectivity index (χ4v) is 2.22. The van der Waals surface area contributed by atoms with Gasteiger partial charge in [0.15, 0.2) is 0 Å². The smallest absolute Gasteiger partial charge is 0.220 e. The summed E-state index contributed by atoms with van der Waals surface area (Å²) in [6, 6.07) is 0. The second kappa shape index (κ2) is 13.0. The van der Waals surface area contributed by atoms with E-state index >= 15 is 0 Å². The fraction of sp³-hybridized carbons (Fsp3) is 0.938. The molecule has 0 aromatic rings. The van der Waals surface area contributed by atoms with Crippen LogP contribution >= 0.6 is 0 Å². The Labute approximate surface area is 128 Å². The molecule has 0 saturated carbocycles. The average Bonchev–Trinajstić information content (AvgIpc) is 2.51. The van der Waals surface area contributed by atoms with Gasteiger partial charge in [0.05, 0.1) is 19.8 Å². The van der Waals surface area contributed by atoms with Crippen LogP contribution in [0.25, 0.3) is 0 Å². The number of unbranched alkanes of at least 4 members (excludes halogenated alkanes) is 8. The molecule has 5 heteroatoms. The molecule has 0 aliphatic carbocycles. The zero-order chi connectivity index (χ0) is 16.0. The number of rotatable bonds is 14. The molecule has 0 aliphatic rings. The number of hydrogen-bond donors (Lipinski definition) is 4. The highest BCUT2D eigenvalue weighted by Gasteiger charge is 2.29. The van der Waals surface area contributed by atoms with Crippen LogP contribution in [0.3, 0.4) is 0 Å². The standard InChI is InChI=1S/C16H33NO4/c1-2-3-4-5-6-7-8-9-10-11-15(21)17-16(12-18,13-19)14-20/h18-20H,2-14H2,1H3,(H,17,21). The lowest BCUT2D eigenvalue weighted by atomic mass is 10.0. The van der Waals surface area contributed by atoms with Gasteiger partial charge in [0.1, 0.15) is 5.54 Å². The molecule has 0 heterocycles. The highest BCUT2D eigenvalue weighted by Crippen LogP contribution is 2.11. The molecule has 0 aromatic carbocycles. The van der Waals surface area contributed by atoms with E-state index in [0.29, 0.717) is 6.42 Å². The lowest BCUT2D eigenvalue weighted by molar-refractivity contribution is -0.125. The highest BCUT2D eigenvalue weighted by atomic mass is 16.3. The molecule has 0 fully saturated rings. The zero-order valence-electron chi connectivity index (χ0n) is 13.4. The SMILES string of the molecule is CCCCCCCCCCCC(=O)NC(CO)(CO)CO. The number of nitrogens with one attached hydrogen (secondary N) is 1. The maximum Gasteiger partial charge on any atom is 0.220 e. The highest BCUT2D eigenvalue weighted by molar-refractivity contribution is 5.76. The summed E-state index contributed by atoms with van der Waals surface area (Å²) in [6.45, 7) is 0.806. The van der Waals surface area contributed by atoms with Gasteiger partial charge in [-0.1, -0.05) is 58.3 Å². The van der Waals surface area contributed by atoms with Crippen molar-refractivity contribution in [1.82, 2.24) is 5.32 Å². The van der Waals surface area contributed by atoms with Crippen molar-refractivity contribution in [3.8, 4) is 0 Å². The summed E-state index contributed by atoms with van der Waals surface area (Å²) in [5.41, 5.74) is -1.30. The van der Waals surface area contributed by atoms with E-state index in [4.69, 9.17) is 15.3 Å². The monoisotopic (exact) mass is 303 g/mol. The molecule has 0 atom stereocenters. The molecule has 1 amide bonds. The molecule has 5 nitrogen and oxygen atoms in total. The van der Waals surface area contributed by atoms with Crippen molar-refractivity contribution < 1.29 is 20.1 Å². The molecular formula is C16H33NO4. The van der Waals surface area contributed by atoms with E-state index in [9.17, 15) is 4.79 Å². The summed E-state index contributed by atoms with van der Waals surface area (Å²) in [5, 5.41) is 29.9. The Kier molecular flexibility index (Phi) is 12.6. The second-order valence-electron chi connectivity index (χ2n) is 5.88. The first-order chi connectivity index (χ1) is 10.1. The number of carbonyl (C=O) groups is 1. The van der Waals surface area contributed by atoms with Crippen LogP contribution in [-0.2, 0) is 4.79 Å². The van der Waals surface area contributed by atoms with Crippen molar-refractivity contribution >= 4 is 5.91 Å². The van der Waals surface area contributed by atoms with Crippen molar-refractivity contribution in [2.45, 2.75) is 76.7 Å². The van der Waals surface area contributed by atoms with Crippen molar-refractivity contribution in [3.05, 3.63) is 0 Å². The van der Waals surface area contributed by atoms with E-state index in [2.05, 4.69) is 12.2 Å². The maximum absolute atomic E-state index is 11.7. The minimum atomic E-state index is -1.30. The third kappa shape index (κ3) is 9.82. The first-order valence-corrected chi connectivity index (χ1v) is 8.27. The molecule has 0 rings (SSSR count). The Morgan fingerprint density at radius 2 is 1.24 bits per heavy atom. The Morgan fingerprint density at radius 3 is 1.67 bits per heavy atom. The number of aliphatic hydroxyl groups excluding tert-OH is 3. The molecule has 0 saturated heterocycles. The van der Waals surface area contributed by atoms with Crippen LogP contribution < -0.4 is 5.32 Å². The molecule has 0 aliphatic heterocycles. The van der Waals surface area contributed by atoms with Crippen LogP contribution in [0.2, 0.25) is 0 Å². The Balaban J connectivity index is 3.58. The van der Waals surface area contributed by atoms with Crippen molar-refractivity contribution in [2.75, 3.05) is 19.8 Å². The quantitative estimate of drug-likeness (QED) is 0.368. The first kappa shape index (κ1) is 20.3. The lowest BCUT2D eigenvalue weighted by Crippen LogP contribution is -2.57. The van der Waals surface area contributed by atoms with Crippen LogP contribution in [0.4, 0.5) is 0 Å². The van der Waals surface area contributed by atoms with Crippen LogP contribution in [-0.4, -0.2) is 46.6 Å². The van der Waals surface area contributed by atoms with Crippen molar-refractivity contribution in [3.63, 3.8) is 0 Å². The fourth-order valence-electron chi connectivity index (χ4n) is 2.22. The summed E-state index contributed by atoms with van der Waals surface area (Å²) >= 11 is 0. The van der Waals surface area contributed by atoms with Gasteiger partial charge in [-0.2, -0.15) is 0 Å². The normalized spacial score (nSPS) is 11.6. The number of aliphatic hydroxyl groups is 3. The van der Waals surface area contributed by atoms with Crippen molar-refractivity contribution in [1.29, 1.82) is 0 Å². The topological polar surface area (TPSA) is 89.8 Å². The summed E-state index contributed by atoms with van der Waals surface area (Å²) in [4.78, 5) is 11.7. The minimum absolute atomic E-state index is 0.227. The molecule has 4 N–H and O–H groups in total. The number of amides is 1. The van der Waals surface area contributed by atoms with Gasteiger partial charge in [-0.25, -0.2) is 0 Å². The molecular weight excluding hydrogens is 270 g/mol. The van der Waals surface area contributed by atoms with Gasteiger partial charge >= 0.3 is 0 Å². The molecule has 21 heavy (non-hydrogen) atoms. The number of carbonyl (C=O) groups excluding carboxylic acids is 1. The van der Waals surface area contributed by atoms with Crippen molar-refractivity contribution in [2.24, 2.45) is 0 Å².